The van der Waals surface area contributed by atoms with E-state index in [0.29, 0.717) is 18.2 Å². The first kappa shape index (κ1) is 18.4. The lowest BCUT2D eigenvalue weighted by molar-refractivity contribution is 0.102. The van der Waals surface area contributed by atoms with E-state index in [4.69, 9.17) is 11.6 Å². The predicted molar refractivity (Wildman–Crippen MR) is 107 cm³/mol. The molecule has 1 N–H and O–H groups in total. The number of fused-ring (bicyclic) bond motifs is 1. The fourth-order valence-corrected chi connectivity index (χ4v) is 5.88. The molecular formula is C18H16ClN3O3S2. The van der Waals surface area contributed by atoms with Crippen LogP contribution < -0.4 is 5.32 Å². The number of halogens is 1. The van der Waals surface area contributed by atoms with E-state index in [9.17, 15) is 13.2 Å². The number of hydrogen-bond donors (Lipinski definition) is 1. The quantitative estimate of drug-likeness (QED) is 0.690. The van der Waals surface area contributed by atoms with Crippen LogP contribution in [0.4, 0.5) is 5.13 Å². The fraction of sp³-hybridized carbons (Fsp3) is 0.222. The van der Waals surface area contributed by atoms with E-state index in [2.05, 4.69) is 10.3 Å². The monoisotopic (exact) mass is 421 g/mol. The maximum Gasteiger partial charge on any atom is 0.257 e. The molecule has 0 bridgehead atoms. The number of rotatable bonds is 4. The number of aromatic nitrogens is 1. The van der Waals surface area contributed by atoms with Crippen LogP contribution in [0.25, 0.3) is 10.2 Å². The maximum absolute atomic E-state index is 12.8. The number of amides is 1. The van der Waals surface area contributed by atoms with Crippen molar-refractivity contribution in [2.24, 2.45) is 0 Å². The zero-order valence-corrected chi connectivity index (χ0v) is 16.6. The Morgan fingerprint density at radius 1 is 1.15 bits per heavy atom. The molecule has 0 spiro atoms. The van der Waals surface area contributed by atoms with Gasteiger partial charge < -0.3 is 0 Å². The molecule has 1 aliphatic heterocycles. The maximum atomic E-state index is 12.8. The number of thiazole rings is 1. The molecule has 6 nitrogen and oxygen atoms in total. The van der Waals surface area contributed by atoms with E-state index in [0.717, 1.165) is 23.1 Å². The van der Waals surface area contributed by atoms with Crippen LogP contribution in [0.1, 0.15) is 23.2 Å². The number of nitrogens with one attached hydrogen (secondary N) is 1. The molecule has 1 amide bonds. The molecule has 2 heterocycles. The highest BCUT2D eigenvalue weighted by molar-refractivity contribution is 7.89. The van der Waals surface area contributed by atoms with Crippen molar-refractivity contribution in [3.8, 4) is 0 Å². The molecular weight excluding hydrogens is 406 g/mol. The second-order valence-corrected chi connectivity index (χ2v) is 9.54. The molecule has 1 fully saturated rings. The highest BCUT2D eigenvalue weighted by Gasteiger charge is 2.29. The summed E-state index contributed by atoms with van der Waals surface area (Å²) >= 11 is 7.49. The van der Waals surface area contributed by atoms with Crippen molar-refractivity contribution in [3.63, 3.8) is 0 Å². The van der Waals surface area contributed by atoms with E-state index in [1.165, 1.54) is 33.8 Å². The number of carbonyl (C=O) groups excluding carboxylic acids is 1. The molecule has 0 radical (unpaired) electrons. The standard InChI is InChI=1S/C18H16ClN3O3S2/c19-13-8-7-12(11-16(13)27(24,25)22-9-3-4-10-22)17(23)21-18-20-14-5-1-2-6-15(14)26-18/h1-2,5-8,11H,3-4,9-10H2,(H,20,21,23). The minimum Gasteiger partial charge on any atom is -0.298 e. The van der Waals surface area contributed by atoms with Crippen molar-refractivity contribution >= 4 is 54.2 Å². The van der Waals surface area contributed by atoms with Gasteiger partial charge in [-0.3, -0.25) is 10.1 Å². The normalized spacial score (nSPS) is 15.3. The molecule has 0 saturated carbocycles. The number of carbonyl (C=O) groups is 1. The number of nitrogens with zero attached hydrogens (tertiary/aromatic N) is 2. The van der Waals surface area contributed by atoms with Crippen LogP contribution in [0.15, 0.2) is 47.4 Å². The first-order chi connectivity index (χ1) is 12.9. The van der Waals surface area contributed by atoms with Gasteiger partial charge in [0.05, 0.1) is 15.2 Å². The average Bonchev–Trinajstić information content (AvgIpc) is 3.31. The van der Waals surface area contributed by atoms with Gasteiger partial charge in [-0.05, 0) is 43.2 Å². The topological polar surface area (TPSA) is 79.4 Å². The summed E-state index contributed by atoms with van der Waals surface area (Å²) < 4.78 is 28.0. The first-order valence-electron chi connectivity index (χ1n) is 8.42. The number of hydrogen-bond acceptors (Lipinski definition) is 5. The van der Waals surface area contributed by atoms with E-state index in [1.807, 2.05) is 24.3 Å². The van der Waals surface area contributed by atoms with Crippen molar-refractivity contribution in [1.29, 1.82) is 0 Å². The summed E-state index contributed by atoms with van der Waals surface area (Å²) in [5.41, 5.74) is 1.02. The molecule has 2 aromatic carbocycles. The van der Waals surface area contributed by atoms with Crippen molar-refractivity contribution in [2.45, 2.75) is 17.7 Å². The van der Waals surface area contributed by atoms with E-state index in [-0.39, 0.29) is 15.5 Å². The molecule has 1 aromatic heterocycles. The zero-order chi connectivity index (χ0) is 19.0. The van der Waals surface area contributed by atoms with Crippen LogP contribution in [0.3, 0.4) is 0 Å². The Morgan fingerprint density at radius 2 is 1.89 bits per heavy atom. The van der Waals surface area contributed by atoms with Crippen LogP contribution in [-0.2, 0) is 10.0 Å². The van der Waals surface area contributed by atoms with Gasteiger partial charge in [-0.25, -0.2) is 13.4 Å². The number of sulfonamides is 1. The molecule has 9 heteroatoms. The Labute approximate surface area is 165 Å². The zero-order valence-electron chi connectivity index (χ0n) is 14.2. The predicted octanol–water partition coefficient (Wildman–Crippen LogP) is 3.99. The minimum absolute atomic E-state index is 0.0389. The van der Waals surface area contributed by atoms with Gasteiger partial charge in [-0.2, -0.15) is 4.31 Å². The van der Waals surface area contributed by atoms with Crippen molar-refractivity contribution in [1.82, 2.24) is 9.29 Å². The van der Waals surface area contributed by atoms with Gasteiger partial charge >= 0.3 is 0 Å². The molecule has 0 aliphatic carbocycles. The van der Waals surface area contributed by atoms with E-state index < -0.39 is 15.9 Å². The smallest absolute Gasteiger partial charge is 0.257 e. The average molecular weight is 422 g/mol. The van der Waals surface area contributed by atoms with Crippen LogP contribution in [0.2, 0.25) is 5.02 Å². The highest BCUT2D eigenvalue weighted by Crippen LogP contribution is 2.29. The lowest BCUT2D eigenvalue weighted by Crippen LogP contribution is -2.28. The molecule has 27 heavy (non-hydrogen) atoms. The van der Waals surface area contributed by atoms with Crippen molar-refractivity contribution in [3.05, 3.63) is 53.1 Å². The van der Waals surface area contributed by atoms with Gasteiger partial charge in [0.2, 0.25) is 10.0 Å². The Morgan fingerprint density at radius 3 is 2.63 bits per heavy atom. The summed E-state index contributed by atoms with van der Waals surface area (Å²) in [6, 6.07) is 11.9. The fourth-order valence-electron chi connectivity index (χ4n) is 3.00. The SMILES string of the molecule is O=C(Nc1nc2ccccc2s1)c1ccc(Cl)c(S(=O)(=O)N2CCCC2)c1. The first-order valence-corrected chi connectivity index (χ1v) is 11.1. The van der Waals surface area contributed by atoms with Crippen LogP contribution in [-0.4, -0.2) is 36.7 Å². The second-order valence-electron chi connectivity index (χ2n) is 6.20. The van der Waals surface area contributed by atoms with Gasteiger partial charge in [0.15, 0.2) is 5.13 Å². The molecule has 1 aliphatic rings. The van der Waals surface area contributed by atoms with Gasteiger partial charge in [-0.15, -0.1) is 0 Å². The summed E-state index contributed by atoms with van der Waals surface area (Å²) in [5.74, 6) is -0.427. The molecule has 0 atom stereocenters. The lowest BCUT2D eigenvalue weighted by Gasteiger charge is -2.17. The third kappa shape index (κ3) is 3.58. The van der Waals surface area contributed by atoms with Gasteiger partial charge in [-0.1, -0.05) is 35.1 Å². The van der Waals surface area contributed by atoms with E-state index >= 15 is 0 Å². The molecule has 1 saturated heterocycles. The number of anilines is 1. The summed E-state index contributed by atoms with van der Waals surface area (Å²) in [7, 11) is -3.71. The molecule has 3 aromatic rings. The lowest BCUT2D eigenvalue weighted by atomic mass is 10.2. The second kappa shape index (κ2) is 7.20. The van der Waals surface area contributed by atoms with Crippen LogP contribution >= 0.6 is 22.9 Å². The number of para-hydroxylation sites is 1. The van der Waals surface area contributed by atoms with Crippen LogP contribution in [0, 0.1) is 0 Å². The summed E-state index contributed by atoms with van der Waals surface area (Å²) in [4.78, 5) is 16.9. The van der Waals surface area contributed by atoms with Crippen molar-refractivity contribution < 1.29 is 13.2 Å². The highest BCUT2D eigenvalue weighted by atomic mass is 35.5. The Hall–Kier alpha value is -2.00. The Balaban J connectivity index is 1.62. The summed E-state index contributed by atoms with van der Waals surface area (Å²) in [6.07, 6.45) is 1.66. The minimum atomic E-state index is -3.71. The third-order valence-electron chi connectivity index (χ3n) is 4.39. The third-order valence-corrected chi connectivity index (χ3v) is 7.72. The summed E-state index contributed by atoms with van der Waals surface area (Å²) in [5, 5.41) is 3.30. The van der Waals surface area contributed by atoms with Crippen LogP contribution in [0.5, 0.6) is 0 Å². The van der Waals surface area contributed by atoms with Gasteiger partial charge in [0, 0.05) is 18.7 Å². The molecule has 140 valence electrons. The van der Waals surface area contributed by atoms with Gasteiger partial charge in [0.1, 0.15) is 4.90 Å². The Kier molecular flexibility index (Phi) is 4.90. The number of benzene rings is 2. The molecule has 0 unspecified atom stereocenters. The summed E-state index contributed by atoms with van der Waals surface area (Å²) in [6.45, 7) is 0.946. The van der Waals surface area contributed by atoms with Crippen molar-refractivity contribution in [2.75, 3.05) is 18.4 Å². The molecule has 4 rings (SSSR count). The van der Waals surface area contributed by atoms with E-state index in [1.54, 1.807) is 0 Å². The Bertz CT molecular complexity index is 1090. The van der Waals surface area contributed by atoms with Gasteiger partial charge in [0.25, 0.3) is 5.91 Å². The largest absolute Gasteiger partial charge is 0.298 e.